The molecule has 5 N–H and O–H groups in total. The lowest BCUT2D eigenvalue weighted by Gasteiger charge is -2.15. The summed E-state index contributed by atoms with van der Waals surface area (Å²) in [6.07, 6.45) is 0.602. The predicted octanol–water partition coefficient (Wildman–Crippen LogP) is 6.01. The molecular weight excluding hydrogens is 428 g/mol. The molecular formula is C29H24O5. The average molecular weight is 453 g/mol. The summed E-state index contributed by atoms with van der Waals surface area (Å²) in [5.74, 6) is 0.399. The van der Waals surface area contributed by atoms with Gasteiger partial charge in [-0.25, -0.2) is 0 Å². The van der Waals surface area contributed by atoms with E-state index in [9.17, 15) is 25.5 Å². The lowest BCUT2D eigenvalue weighted by Crippen LogP contribution is -1.97. The van der Waals surface area contributed by atoms with E-state index in [2.05, 4.69) is 0 Å². The van der Waals surface area contributed by atoms with Crippen molar-refractivity contribution in [3.63, 3.8) is 0 Å². The number of benzene rings is 5. The van der Waals surface area contributed by atoms with Crippen molar-refractivity contribution in [2.24, 2.45) is 0 Å². The Morgan fingerprint density at radius 1 is 0.500 bits per heavy atom. The van der Waals surface area contributed by atoms with Crippen LogP contribution in [-0.4, -0.2) is 25.5 Å². The highest BCUT2D eigenvalue weighted by Gasteiger charge is 2.15. The molecule has 0 fully saturated rings. The third kappa shape index (κ3) is 3.82. The zero-order chi connectivity index (χ0) is 24.0. The zero-order valence-corrected chi connectivity index (χ0v) is 18.6. The van der Waals surface area contributed by atoms with Gasteiger partial charge in [-0.1, -0.05) is 42.0 Å². The minimum absolute atomic E-state index is 0.0448. The molecule has 5 rings (SSSR count). The Labute approximate surface area is 196 Å². The van der Waals surface area contributed by atoms with Crippen molar-refractivity contribution >= 4 is 21.5 Å². The van der Waals surface area contributed by atoms with E-state index in [0.717, 1.165) is 16.3 Å². The summed E-state index contributed by atoms with van der Waals surface area (Å²) in [7, 11) is 0. The van der Waals surface area contributed by atoms with Crippen LogP contribution in [0.1, 0.15) is 27.8 Å². The van der Waals surface area contributed by atoms with Crippen molar-refractivity contribution in [3.8, 4) is 28.7 Å². The minimum Gasteiger partial charge on any atom is -0.508 e. The van der Waals surface area contributed by atoms with Crippen molar-refractivity contribution < 1.29 is 25.5 Å². The summed E-state index contributed by atoms with van der Waals surface area (Å²) in [5, 5.41) is 55.1. The number of rotatable bonds is 4. The number of hydrogen-bond donors (Lipinski definition) is 5. The Hall–Kier alpha value is -4.38. The van der Waals surface area contributed by atoms with E-state index in [-0.39, 0.29) is 28.7 Å². The Morgan fingerprint density at radius 3 is 1.38 bits per heavy atom. The maximum atomic E-state index is 11.1. The first-order valence-electron chi connectivity index (χ1n) is 11.0. The summed E-state index contributed by atoms with van der Waals surface area (Å²) < 4.78 is 0. The maximum absolute atomic E-state index is 11.1. The number of phenolic OH excluding ortho intramolecular Hbond substituents is 5. The quantitative estimate of drug-likeness (QED) is 0.230. The van der Waals surface area contributed by atoms with E-state index in [1.54, 1.807) is 24.3 Å². The molecule has 0 amide bonds. The van der Waals surface area contributed by atoms with E-state index < -0.39 is 0 Å². The topological polar surface area (TPSA) is 101 Å². The van der Waals surface area contributed by atoms with Crippen LogP contribution in [0.25, 0.3) is 21.5 Å². The molecule has 5 heteroatoms. The van der Waals surface area contributed by atoms with Gasteiger partial charge in [0.05, 0.1) is 0 Å². The minimum atomic E-state index is 0.0448. The molecule has 0 saturated heterocycles. The molecule has 0 aliphatic carbocycles. The van der Waals surface area contributed by atoms with Gasteiger partial charge in [0.15, 0.2) is 0 Å². The first kappa shape index (κ1) is 21.5. The van der Waals surface area contributed by atoms with Crippen LogP contribution >= 0.6 is 0 Å². The van der Waals surface area contributed by atoms with Gasteiger partial charge in [0.2, 0.25) is 0 Å². The van der Waals surface area contributed by atoms with Crippen molar-refractivity contribution in [1.82, 2.24) is 0 Å². The van der Waals surface area contributed by atoms with Gasteiger partial charge >= 0.3 is 0 Å². The first-order valence-corrected chi connectivity index (χ1v) is 11.0. The monoisotopic (exact) mass is 452 g/mol. The van der Waals surface area contributed by atoms with Crippen molar-refractivity contribution in [3.05, 3.63) is 101 Å². The van der Waals surface area contributed by atoms with Crippen LogP contribution in [0.4, 0.5) is 0 Å². The van der Waals surface area contributed by atoms with Crippen LogP contribution in [0.5, 0.6) is 28.7 Å². The van der Waals surface area contributed by atoms with E-state index in [0.29, 0.717) is 45.9 Å². The molecule has 5 aromatic carbocycles. The normalized spacial score (nSPS) is 11.3. The van der Waals surface area contributed by atoms with Crippen LogP contribution in [0.15, 0.2) is 72.8 Å². The fourth-order valence-corrected chi connectivity index (χ4v) is 4.59. The fourth-order valence-electron chi connectivity index (χ4n) is 4.59. The lowest BCUT2D eigenvalue weighted by atomic mass is 9.93. The van der Waals surface area contributed by atoms with E-state index in [1.165, 1.54) is 12.1 Å². The van der Waals surface area contributed by atoms with Crippen molar-refractivity contribution in [2.45, 2.75) is 19.8 Å². The van der Waals surface area contributed by atoms with Crippen LogP contribution < -0.4 is 0 Å². The summed E-state index contributed by atoms with van der Waals surface area (Å²) in [6.45, 7) is 1.93. The van der Waals surface area contributed by atoms with E-state index >= 15 is 0 Å². The lowest BCUT2D eigenvalue weighted by molar-refractivity contribution is 0.456. The average Bonchev–Trinajstić information content (AvgIpc) is 2.79. The molecule has 0 saturated carbocycles. The molecule has 0 spiro atoms. The smallest absolute Gasteiger partial charge is 0.123 e. The van der Waals surface area contributed by atoms with Crippen LogP contribution in [-0.2, 0) is 12.8 Å². The third-order valence-corrected chi connectivity index (χ3v) is 6.29. The second kappa shape index (κ2) is 8.19. The highest BCUT2D eigenvalue weighted by molar-refractivity contribution is 5.91. The van der Waals surface area contributed by atoms with Gasteiger partial charge in [0.25, 0.3) is 0 Å². The molecule has 0 heterocycles. The number of phenols is 5. The highest BCUT2D eigenvalue weighted by atomic mass is 16.3. The second-order valence-electron chi connectivity index (χ2n) is 8.74. The van der Waals surface area contributed by atoms with Gasteiger partial charge < -0.3 is 25.5 Å². The first-order chi connectivity index (χ1) is 16.3. The molecule has 0 bridgehead atoms. The van der Waals surface area contributed by atoms with Gasteiger partial charge in [-0.15, -0.1) is 0 Å². The second-order valence-corrected chi connectivity index (χ2v) is 8.74. The summed E-state index contributed by atoms with van der Waals surface area (Å²) in [4.78, 5) is 0. The predicted molar refractivity (Wildman–Crippen MR) is 133 cm³/mol. The Bertz CT molecular complexity index is 1450. The summed E-state index contributed by atoms with van der Waals surface area (Å²) in [6, 6.07) is 20.8. The van der Waals surface area contributed by atoms with Crippen molar-refractivity contribution in [1.29, 1.82) is 0 Å². The van der Waals surface area contributed by atoms with Gasteiger partial charge in [-0.05, 0) is 76.3 Å². The fraction of sp³-hybridized carbons (Fsp3) is 0.103. The largest absolute Gasteiger partial charge is 0.508 e. The summed E-state index contributed by atoms with van der Waals surface area (Å²) >= 11 is 0. The molecule has 5 aromatic rings. The molecule has 5 nitrogen and oxygen atoms in total. The maximum Gasteiger partial charge on any atom is 0.123 e. The van der Waals surface area contributed by atoms with E-state index in [1.807, 2.05) is 43.3 Å². The Morgan fingerprint density at radius 2 is 0.941 bits per heavy atom. The third-order valence-electron chi connectivity index (χ3n) is 6.29. The van der Waals surface area contributed by atoms with Gasteiger partial charge in [-0.3, -0.25) is 0 Å². The number of aromatic hydroxyl groups is 5. The highest BCUT2D eigenvalue weighted by Crippen LogP contribution is 2.37. The molecule has 0 radical (unpaired) electrons. The Balaban J connectivity index is 1.53. The number of fused-ring (bicyclic) bond motifs is 2. The number of hydrogen-bond acceptors (Lipinski definition) is 5. The van der Waals surface area contributed by atoms with Gasteiger partial charge in [0.1, 0.15) is 28.7 Å². The summed E-state index contributed by atoms with van der Waals surface area (Å²) in [5.41, 5.74) is 3.52. The van der Waals surface area contributed by atoms with Gasteiger partial charge in [0, 0.05) is 23.6 Å². The molecule has 34 heavy (non-hydrogen) atoms. The van der Waals surface area contributed by atoms with Crippen LogP contribution in [0.2, 0.25) is 0 Å². The molecule has 0 aliphatic rings. The standard InChI is InChI=1S/C29H24O5/c1-16-8-21(12-19-10-17-4-2-6-25(30)23(17)14-27(19)32)29(34)22(9-16)13-20-11-18-5-3-7-26(31)24(18)15-28(20)33/h2-11,14-15,30-34H,12-13H2,1H3. The zero-order valence-electron chi connectivity index (χ0n) is 18.6. The van der Waals surface area contributed by atoms with E-state index in [4.69, 9.17) is 0 Å². The van der Waals surface area contributed by atoms with Crippen molar-refractivity contribution in [2.75, 3.05) is 0 Å². The number of aryl methyl sites for hydroxylation is 1. The molecule has 0 unspecified atom stereocenters. The Kier molecular flexibility index (Phi) is 5.17. The van der Waals surface area contributed by atoms with Gasteiger partial charge in [-0.2, -0.15) is 0 Å². The van der Waals surface area contributed by atoms with Crippen LogP contribution in [0.3, 0.4) is 0 Å². The molecule has 0 atom stereocenters. The van der Waals surface area contributed by atoms with Crippen LogP contribution in [0, 0.1) is 6.92 Å². The molecule has 170 valence electrons. The molecule has 0 aliphatic heterocycles. The SMILES string of the molecule is Cc1cc(Cc2cc3cccc(O)c3cc2O)c(O)c(Cc2cc3cccc(O)c3cc2O)c1. The molecule has 0 aromatic heterocycles.